The van der Waals surface area contributed by atoms with Crippen molar-refractivity contribution in [2.45, 2.75) is 45.6 Å². The average molecular weight is 366 g/mol. The number of nitrogens with zero attached hydrogens (tertiary/aromatic N) is 3. The highest BCUT2D eigenvalue weighted by atomic mass is 19.3. The predicted molar refractivity (Wildman–Crippen MR) is 89.7 cm³/mol. The molecule has 0 aliphatic carbocycles. The number of aliphatic carboxylic acids is 1. The van der Waals surface area contributed by atoms with E-state index in [4.69, 9.17) is 5.11 Å². The van der Waals surface area contributed by atoms with Crippen molar-refractivity contribution in [3.63, 3.8) is 0 Å². The minimum atomic E-state index is -2.86. The van der Waals surface area contributed by atoms with Gasteiger partial charge in [0.05, 0.1) is 5.69 Å². The second kappa shape index (κ2) is 8.03. The molecule has 0 fully saturated rings. The van der Waals surface area contributed by atoms with Gasteiger partial charge in [0.2, 0.25) is 12.2 Å². The van der Waals surface area contributed by atoms with Crippen LogP contribution in [0.15, 0.2) is 24.3 Å². The van der Waals surface area contributed by atoms with E-state index in [1.165, 1.54) is 4.68 Å². The van der Waals surface area contributed by atoms with Crippen LogP contribution in [0.2, 0.25) is 0 Å². The van der Waals surface area contributed by atoms with Gasteiger partial charge < -0.3 is 10.4 Å². The van der Waals surface area contributed by atoms with Crippen molar-refractivity contribution in [3.05, 3.63) is 41.5 Å². The second-order valence-corrected chi connectivity index (χ2v) is 6.10. The number of amides is 1. The van der Waals surface area contributed by atoms with Gasteiger partial charge in [0.15, 0.2) is 0 Å². The molecule has 2 rings (SSSR count). The molecule has 1 heterocycles. The smallest absolute Gasteiger partial charge is 0.326 e. The SMILES string of the molecule is Cc1nc(C(=O)NC(CC(F)F)C(=O)O)nn1-c1ccccc1C(C)C. The maximum atomic E-state index is 12.5. The van der Waals surface area contributed by atoms with Crippen molar-refractivity contribution >= 4 is 11.9 Å². The number of carbonyl (C=O) groups excluding carboxylic acids is 1. The highest BCUT2D eigenvalue weighted by molar-refractivity contribution is 5.93. The Morgan fingerprint density at radius 1 is 1.27 bits per heavy atom. The minimum Gasteiger partial charge on any atom is -0.480 e. The van der Waals surface area contributed by atoms with Gasteiger partial charge in [-0.15, -0.1) is 5.10 Å². The van der Waals surface area contributed by atoms with E-state index < -0.39 is 30.8 Å². The van der Waals surface area contributed by atoms with E-state index in [0.717, 1.165) is 11.3 Å². The molecule has 1 aromatic heterocycles. The fourth-order valence-corrected chi connectivity index (χ4v) is 2.51. The van der Waals surface area contributed by atoms with Gasteiger partial charge in [0.1, 0.15) is 11.9 Å². The highest BCUT2D eigenvalue weighted by Crippen LogP contribution is 2.23. The molecule has 0 saturated carbocycles. The summed E-state index contributed by atoms with van der Waals surface area (Å²) in [5.41, 5.74) is 1.74. The van der Waals surface area contributed by atoms with Crippen molar-refractivity contribution in [2.75, 3.05) is 0 Å². The zero-order valence-corrected chi connectivity index (χ0v) is 14.6. The van der Waals surface area contributed by atoms with Gasteiger partial charge in [0.25, 0.3) is 5.91 Å². The summed E-state index contributed by atoms with van der Waals surface area (Å²) >= 11 is 0. The van der Waals surface area contributed by atoms with E-state index in [9.17, 15) is 18.4 Å². The lowest BCUT2D eigenvalue weighted by Gasteiger charge is -2.13. The van der Waals surface area contributed by atoms with Gasteiger partial charge in [-0.25, -0.2) is 23.2 Å². The first-order valence-electron chi connectivity index (χ1n) is 8.05. The van der Waals surface area contributed by atoms with Crippen LogP contribution in [0, 0.1) is 6.92 Å². The number of halogens is 2. The molecule has 7 nitrogen and oxygen atoms in total. The first-order valence-corrected chi connectivity index (χ1v) is 8.05. The molecule has 1 atom stereocenters. The fourth-order valence-electron chi connectivity index (χ4n) is 2.51. The molecule has 0 spiro atoms. The summed E-state index contributed by atoms with van der Waals surface area (Å²) in [6.07, 6.45) is -3.85. The molecule has 0 aliphatic rings. The van der Waals surface area contributed by atoms with E-state index in [0.29, 0.717) is 5.82 Å². The Morgan fingerprint density at radius 3 is 2.50 bits per heavy atom. The van der Waals surface area contributed by atoms with Crippen molar-refractivity contribution in [1.82, 2.24) is 20.1 Å². The topological polar surface area (TPSA) is 97.1 Å². The van der Waals surface area contributed by atoms with Crippen LogP contribution in [-0.2, 0) is 4.79 Å². The molecule has 0 bridgehead atoms. The van der Waals surface area contributed by atoms with Crippen molar-refractivity contribution in [3.8, 4) is 5.69 Å². The second-order valence-electron chi connectivity index (χ2n) is 6.10. The summed E-state index contributed by atoms with van der Waals surface area (Å²) in [7, 11) is 0. The lowest BCUT2D eigenvalue weighted by atomic mass is 10.0. The molecule has 1 aromatic carbocycles. The summed E-state index contributed by atoms with van der Waals surface area (Å²) in [4.78, 5) is 27.3. The van der Waals surface area contributed by atoms with Crippen molar-refractivity contribution in [1.29, 1.82) is 0 Å². The average Bonchev–Trinajstić information content (AvgIpc) is 2.95. The van der Waals surface area contributed by atoms with E-state index >= 15 is 0 Å². The Kier molecular flexibility index (Phi) is 6.01. The molecule has 140 valence electrons. The third-order valence-electron chi connectivity index (χ3n) is 3.78. The highest BCUT2D eigenvalue weighted by Gasteiger charge is 2.26. The van der Waals surface area contributed by atoms with E-state index in [1.54, 1.807) is 6.92 Å². The Balaban J connectivity index is 2.30. The van der Waals surface area contributed by atoms with E-state index in [-0.39, 0.29) is 11.7 Å². The normalized spacial score (nSPS) is 12.4. The molecule has 0 aliphatic heterocycles. The summed E-state index contributed by atoms with van der Waals surface area (Å²) in [5, 5.41) is 15.1. The van der Waals surface area contributed by atoms with Crippen LogP contribution in [0.4, 0.5) is 8.78 Å². The van der Waals surface area contributed by atoms with Crippen molar-refractivity contribution in [2.24, 2.45) is 0 Å². The quantitative estimate of drug-likeness (QED) is 0.785. The van der Waals surface area contributed by atoms with Crippen LogP contribution in [0.1, 0.15) is 48.2 Å². The number of carboxylic acid groups (broad SMARTS) is 1. The van der Waals surface area contributed by atoms with Crippen LogP contribution >= 0.6 is 0 Å². The molecule has 2 aromatic rings. The molecular formula is C17H20F2N4O3. The number of hydrogen-bond acceptors (Lipinski definition) is 4. The number of aryl methyl sites for hydroxylation is 1. The minimum absolute atomic E-state index is 0.203. The fraction of sp³-hybridized carbons (Fsp3) is 0.412. The summed E-state index contributed by atoms with van der Waals surface area (Å²) in [5.74, 6) is -2.11. The molecule has 26 heavy (non-hydrogen) atoms. The zero-order valence-electron chi connectivity index (χ0n) is 14.6. The number of carboxylic acids is 1. The number of benzene rings is 1. The molecule has 0 radical (unpaired) electrons. The maximum absolute atomic E-state index is 12.5. The van der Waals surface area contributed by atoms with Crippen LogP contribution in [-0.4, -0.2) is 44.2 Å². The number of carbonyl (C=O) groups is 2. The number of rotatable bonds is 7. The third-order valence-corrected chi connectivity index (χ3v) is 3.78. The van der Waals surface area contributed by atoms with Gasteiger partial charge >= 0.3 is 5.97 Å². The number of aromatic nitrogens is 3. The molecule has 0 saturated heterocycles. The summed E-state index contributed by atoms with van der Waals surface area (Å²) in [6.45, 7) is 5.68. The third kappa shape index (κ3) is 4.41. The predicted octanol–water partition coefficient (Wildman–Crippen LogP) is 2.54. The largest absolute Gasteiger partial charge is 0.480 e. The first kappa shape index (κ1) is 19.5. The lowest BCUT2D eigenvalue weighted by molar-refractivity contribution is -0.140. The number of nitrogens with one attached hydrogen (secondary N) is 1. The van der Waals surface area contributed by atoms with Crippen molar-refractivity contribution < 1.29 is 23.5 Å². The van der Waals surface area contributed by atoms with Gasteiger partial charge in [-0.05, 0) is 24.5 Å². The number of para-hydroxylation sites is 1. The van der Waals surface area contributed by atoms with E-state index in [2.05, 4.69) is 10.1 Å². The molecule has 1 unspecified atom stereocenters. The van der Waals surface area contributed by atoms with Crippen LogP contribution in [0.25, 0.3) is 5.69 Å². The Labute approximate surface area is 149 Å². The monoisotopic (exact) mass is 366 g/mol. The molecular weight excluding hydrogens is 346 g/mol. The zero-order chi connectivity index (χ0) is 19.4. The van der Waals surface area contributed by atoms with E-state index in [1.807, 2.05) is 43.4 Å². The number of hydrogen-bond donors (Lipinski definition) is 2. The first-order chi connectivity index (χ1) is 12.2. The number of alkyl halides is 2. The molecule has 2 N–H and O–H groups in total. The summed E-state index contributed by atoms with van der Waals surface area (Å²) < 4.78 is 26.4. The Morgan fingerprint density at radius 2 is 1.92 bits per heavy atom. The van der Waals surface area contributed by atoms with Gasteiger partial charge in [-0.2, -0.15) is 0 Å². The van der Waals surface area contributed by atoms with Gasteiger partial charge in [-0.1, -0.05) is 32.0 Å². The van der Waals surface area contributed by atoms with Crippen LogP contribution < -0.4 is 5.32 Å². The maximum Gasteiger partial charge on any atom is 0.326 e. The lowest BCUT2D eigenvalue weighted by Crippen LogP contribution is -2.42. The standard InChI is InChI=1S/C17H20F2N4O3/c1-9(2)11-6-4-5-7-13(11)23-10(3)20-15(22-23)16(24)21-12(17(25)26)8-14(18)19/h4-7,9,12,14H,8H2,1-3H3,(H,21,24)(H,25,26). The molecule has 1 amide bonds. The Hall–Kier alpha value is -2.84. The van der Waals surface area contributed by atoms with Crippen LogP contribution in [0.3, 0.4) is 0 Å². The molecule has 9 heteroatoms. The Bertz CT molecular complexity index is 805. The summed E-state index contributed by atoms with van der Waals surface area (Å²) in [6, 6.07) is 5.77. The van der Waals surface area contributed by atoms with Gasteiger partial charge in [-0.3, -0.25) is 4.79 Å². The van der Waals surface area contributed by atoms with Gasteiger partial charge in [0, 0.05) is 6.42 Å². The van der Waals surface area contributed by atoms with Crippen LogP contribution in [0.5, 0.6) is 0 Å².